The highest BCUT2D eigenvalue weighted by Crippen LogP contribution is 2.26. The van der Waals surface area contributed by atoms with E-state index < -0.39 is 5.97 Å². The first-order chi connectivity index (χ1) is 9.06. The van der Waals surface area contributed by atoms with Gasteiger partial charge in [0.25, 0.3) is 0 Å². The van der Waals surface area contributed by atoms with Gasteiger partial charge in [-0.3, -0.25) is 0 Å². The van der Waals surface area contributed by atoms with Crippen LogP contribution in [0.1, 0.15) is 18.1 Å². The molecular formula is C14H18O4S. The Hall–Kier alpha value is -1.46. The van der Waals surface area contributed by atoms with Crippen molar-refractivity contribution in [1.29, 1.82) is 0 Å². The summed E-state index contributed by atoms with van der Waals surface area (Å²) in [4.78, 5) is 10.5. The van der Waals surface area contributed by atoms with Crippen LogP contribution in [0.4, 0.5) is 0 Å². The summed E-state index contributed by atoms with van der Waals surface area (Å²) in [6.45, 7) is 2.08. The number of aliphatic hydroxyl groups is 1. The van der Waals surface area contributed by atoms with Crippen LogP contribution in [-0.2, 0) is 10.5 Å². The van der Waals surface area contributed by atoms with Gasteiger partial charge in [-0.25, -0.2) is 4.79 Å². The molecule has 0 amide bonds. The van der Waals surface area contributed by atoms with Crippen molar-refractivity contribution in [3.05, 3.63) is 35.4 Å². The minimum Gasteiger partial charge on any atom is -0.496 e. The molecule has 0 spiro atoms. The fraction of sp³-hybridized carbons (Fsp3) is 0.357. The third-order valence-corrected chi connectivity index (χ3v) is 3.70. The van der Waals surface area contributed by atoms with Gasteiger partial charge in [0.2, 0.25) is 0 Å². The maximum absolute atomic E-state index is 10.5. The fourth-order valence-corrected chi connectivity index (χ4v) is 2.26. The summed E-state index contributed by atoms with van der Waals surface area (Å²) < 4.78 is 5.28. The highest BCUT2D eigenvalue weighted by atomic mass is 32.2. The molecule has 0 bridgehead atoms. The number of methoxy groups -OCH3 is 1. The molecule has 0 radical (unpaired) electrons. The number of hydrogen-bond acceptors (Lipinski definition) is 4. The summed E-state index contributed by atoms with van der Waals surface area (Å²) in [5.74, 6) is 0.505. The zero-order chi connectivity index (χ0) is 14.3. The van der Waals surface area contributed by atoms with E-state index in [0.717, 1.165) is 23.0 Å². The first-order valence-electron chi connectivity index (χ1n) is 5.87. The van der Waals surface area contributed by atoms with Crippen LogP contribution < -0.4 is 4.74 Å². The molecule has 0 aliphatic rings. The summed E-state index contributed by atoms with van der Waals surface area (Å²) in [5, 5.41) is 17.8. The quantitative estimate of drug-likeness (QED) is 0.752. The first kappa shape index (κ1) is 15.6. The van der Waals surface area contributed by atoms with Gasteiger partial charge in [0, 0.05) is 22.6 Å². The molecule has 0 saturated carbocycles. The second-order valence-corrected chi connectivity index (χ2v) is 5.47. The molecule has 0 heterocycles. The number of carbonyl (C=O) groups is 1. The zero-order valence-electron chi connectivity index (χ0n) is 11.0. The van der Waals surface area contributed by atoms with E-state index in [-0.39, 0.29) is 11.9 Å². The van der Waals surface area contributed by atoms with Gasteiger partial charge in [0.15, 0.2) is 0 Å². The number of carboxylic acids is 1. The van der Waals surface area contributed by atoms with Crippen molar-refractivity contribution in [1.82, 2.24) is 0 Å². The molecule has 0 aromatic heterocycles. The Morgan fingerprint density at radius 2 is 2.26 bits per heavy atom. The SMILES string of the molecule is COc1ccc(/C=C/C(=O)O)cc1CSC(C)CO. The Morgan fingerprint density at radius 1 is 1.53 bits per heavy atom. The van der Waals surface area contributed by atoms with Gasteiger partial charge < -0.3 is 14.9 Å². The summed E-state index contributed by atoms with van der Waals surface area (Å²) >= 11 is 1.62. The van der Waals surface area contributed by atoms with Crippen LogP contribution in [0, 0.1) is 0 Å². The Bertz CT molecular complexity index is 457. The van der Waals surface area contributed by atoms with E-state index in [1.807, 2.05) is 25.1 Å². The number of aliphatic hydroxyl groups excluding tert-OH is 1. The normalized spacial score (nSPS) is 12.6. The number of rotatable bonds is 7. The van der Waals surface area contributed by atoms with Crippen LogP contribution in [0.3, 0.4) is 0 Å². The highest BCUT2D eigenvalue weighted by molar-refractivity contribution is 7.99. The summed E-state index contributed by atoms with van der Waals surface area (Å²) in [6, 6.07) is 5.53. The van der Waals surface area contributed by atoms with Gasteiger partial charge in [0.05, 0.1) is 13.7 Å². The topological polar surface area (TPSA) is 66.8 Å². The van der Waals surface area contributed by atoms with E-state index in [4.69, 9.17) is 14.9 Å². The van der Waals surface area contributed by atoms with Crippen molar-refractivity contribution < 1.29 is 19.7 Å². The number of benzene rings is 1. The van der Waals surface area contributed by atoms with Crippen LogP contribution in [0.2, 0.25) is 0 Å². The zero-order valence-corrected chi connectivity index (χ0v) is 11.8. The lowest BCUT2D eigenvalue weighted by atomic mass is 10.1. The van der Waals surface area contributed by atoms with Gasteiger partial charge in [-0.2, -0.15) is 11.8 Å². The van der Waals surface area contributed by atoms with E-state index in [9.17, 15) is 4.79 Å². The lowest BCUT2D eigenvalue weighted by Gasteiger charge is -2.11. The third-order valence-electron chi connectivity index (χ3n) is 2.50. The minimum atomic E-state index is -0.972. The van der Waals surface area contributed by atoms with Crippen molar-refractivity contribution in [2.75, 3.05) is 13.7 Å². The van der Waals surface area contributed by atoms with Crippen molar-refractivity contribution in [2.45, 2.75) is 17.9 Å². The molecule has 19 heavy (non-hydrogen) atoms. The molecule has 1 unspecified atom stereocenters. The molecule has 104 valence electrons. The molecule has 1 rings (SSSR count). The molecule has 1 aromatic rings. The van der Waals surface area contributed by atoms with E-state index in [1.54, 1.807) is 24.9 Å². The summed E-state index contributed by atoms with van der Waals surface area (Å²) in [7, 11) is 1.60. The van der Waals surface area contributed by atoms with Crippen molar-refractivity contribution >= 4 is 23.8 Å². The Kier molecular flexibility index (Phi) is 6.45. The Labute approximate surface area is 117 Å². The molecular weight excluding hydrogens is 264 g/mol. The van der Waals surface area contributed by atoms with Gasteiger partial charge >= 0.3 is 5.97 Å². The second-order valence-electron chi connectivity index (χ2n) is 4.05. The number of aliphatic carboxylic acids is 1. The van der Waals surface area contributed by atoms with E-state index in [2.05, 4.69) is 0 Å². The van der Waals surface area contributed by atoms with Gasteiger partial charge in [-0.1, -0.05) is 13.0 Å². The van der Waals surface area contributed by atoms with E-state index in [1.165, 1.54) is 0 Å². The van der Waals surface area contributed by atoms with Gasteiger partial charge in [-0.05, 0) is 23.8 Å². The predicted octanol–water partition coefficient (Wildman–Crippen LogP) is 2.41. The van der Waals surface area contributed by atoms with Gasteiger partial charge in [0.1, 0.15) is 5.75 Å². The van der Waals surface area contributed by atoms with Crippen LogP contribution in [0.25, 0.3) is 6.08 Å². The Morgan fingerprint density at radius 3 is 2.84 bits per heavy atom. The molecule has 4 nitrogen and oxygen atoms in total. The molecule has 0 aliphatic carbocycles. The number of ether oxygens (including phenoxy) is 1. The van der Waals surface area contributed by atoms with Crippen LogP contribution in [0.15, 0.2) is 24.3 Å². The smallest absolute Gasteiger partial charge is 0.328 e. The molecule has 1 aromatic carbocycles. The predicted molar refractivity (Wildman–Crippen MR) is 77.5 cm³/mol. The Balaban J connectivity index is 2.86. The minimum absolute atomic E-state index is 0.131. The fourth-order valence-electron chi connectivity index (χ4n) is 1.47. The molecule has 0 aliphatic heterocycles. The molecule has 2 N–H and O–H groups in total. The monoisotopic (exact) mass is 282 g/mol. The summed E-state index contributed by atoms with van der Waals surface area (Å²) in [6.07, 6.45) is 2.65. The summed E-state index contributed by atoms with van der Waals surface area (Å²) in [5.41, 5.74) is 1.80. The van der Waals surface area contributed by atoms with Crippen LogP contribution in [0.5, 0.6) is 5.75 Å². The third kappa shape index (κ3) is 5.36. The number of carboxylic acid groups (broad SMARTS) is 1. The molecule has 0 fully saturated rings. The molecule has 0 saturated heterocycles. The average Bonchev–Trinajstić information content (AvgIpc) is 2.42. The first-order valence-corrected chi connectivity index (χ1v) is 6.92. The maximum atomic E-state index is 10.5. The van der Waals surface area contributed by atoms with Crippen molar-refractivity contribution in [2.24, 2.45) is 0 Å². The number of hydrogen-bond donors (Lipinski definition) is 2. The van der Waals surface area contributed by atoms with Crippen LogP contribution >= 0.6 is 11.8 Å². The standard InChI is InChI=1S/C14H18O4S/c1-10(8-15)19-9-12-7-11(4-6-14(16)17)3-5-13(12)18-2/h3-7,10,15H,8-9H2,1-2H3,(H,16,17)/b6-4+. The average molecular weight is 282 g/mol. The second kappa shape index (κ2) is 7.86. The van der Waals surface area contributed by atoms with E-state index >= 15 is 0 Å². The van der Waals surface area contributed by atoms with Crippen molar-refractivity contribution in [3.8, 4) is 5.75 Å². The lowest BCUT2D eigenvalue weighted by molar-refractivity contribution is -0.131. The lowest BCUT2D eigenvalue weighted by Crippen LogP contribution is -2.03. The highest BCUT2D eigenvalue weighted by Gasteiger charge is 2.07. The largest absolute Gasteiger partial charge is 0.496 e. The number of thioether (sulfide) groups is 1. The van der Waals surface area contributed by atoms with Gasteiger partial charge in [-0.15, -0.1) is 0 Å². The van der Waals surface area contributed by atoms with Crippen molar-refractivity contribution in [3.63, 3.8) is 0 Å². The maximum Gasteiger partial charge on any atom is 0.328 e. The van der Waals surface area contributed by atoms with E-state index in [0.29, 0.717) is 5.75 Å². The molecule has 5 heteroatoms. The molecule has 1 atom stereocenters. The van der Waals surface area contributed by atoms with Crippen LogP contribution in [-0.4, -0.2) is 35.1 Å².